The van der Waals surface area contributed by atoms with Gasteiger partial charge >= 0.3 is 0 Å². The van der Waals surface area contributed by atoms with E-state index in [0.717, 1.165) is 19.7 Å². The highest BCUT2D eigenvalue weighted by Crippen LogP contribution is 2.22. The van der Waals surface area contributed by atoms with E-state index in [0.29, 0.717) is 12.6 Å². The molecule has 0 aromatic rings. The first-order valence-electron chi connectivity index (χ1n) is 6.85. The van der Waals surface area contributed by atoms with Gasteiger partial charge in [-0.05, 0) is 33.2 Å². The summed E-state index contributed by atoms with van der Waals surface area (Å²) in [5.41, 5.74) is 4.78. The number of hydrogen-bond acceptors (Lipinski definition) is 4. The minimum atomic E-state index is -0.805. The van der Waals surface area contributed by atoms with Crippen LogP contribution in [0.25, 0.3) is 0 Å². The highest BCUT2D eigenvalue weighted by Gasteiger charge is 2.34. The van der Waals surface area contributed by atoms with Crippen molar-refractivity contribution in [1.82, 2.24) is 10.2 Å². The Morgan fingerprint density at radius 3 is 3.00 bits per heavy atom. The van der Waals surface area contributed by atoms with Crippen LogP contribution < -0.4 is 11.1 Å². The van der Waals surface area contributed by atoms with E-state index in [4.69, 9.17) is 22.7 Å². The second kappa shape index (κ2) is 5.73. The molecule has 0 bridgehead atoms. The second-order valence-corrected chi connectivity index (χ2v) is 6.39. The molecule has 2 rings (SSSR count). The molecule has 0 spiro atoms. The van der Waals surface area contributed by atoms with Crippen molar-refractivity contribution in [3.05, 3.63) is 0 Å². The summed E-state index contributed by atoms with van der Waals surface area (Å²) in [6.07, 6.45) is 2.55. The van der Waals surface area contributed by atoms with Crippen molar-refractivity contribution in [2.45, 2.75) is 38.8 Å². The topological polar surface area (TPSA) is 67.6 Å². The SMILES string of the molecule is CC(C)(C(=O)NCC1CN2CCCC2CO1)C(N)=S. The van der Waals surface area contributed by atoms with Gasteiger partial charge in [-0.3, -0.25) is 9.69 Å². The Morgan fingerprint density at radius 2 is 2.32 bits per heavy atom. The number of morpholine rings is 1. The van der Waals surface area contributed by atoms with Gasteiger partial charge in [0.2, 0.25) is 5.91 Å². The molecule has 19 heavy (non-hydrogen) atoms. The summed E-state index contributed by atoms with van der Waals surface area (Å²) in [6, 6.07) is 0.583. The Bertz CT molecular complexity index is 373. The number of fused-ring (bicyclic) bond motifs is 1. The summed E-state index contributed by atoms with van der Waals surface area (Å²) >= 11 is 4.92. The Labute approximate surface area is 119 Å². The molecule has 2 unspecified atom stereocenters. The molecule has 0 aromatic carbocycles. The molecule has 2 aliphatic rings. The van der Waals surface area contributed by atoms with Crippen LogP contribution in [-0.4, -0.2) is 54.2 Å². The maximum Gasteiger partial charge on any atom is 0.232 e. The monoisotopic (exact) mass is 285 g/mol. The highest BCUT2D eigenvalue weighted by molar-refractivity contribution is 7.80. The zero-order valence-corrected chi connectivity index (χ0v) is 12.5. The highest BCUT2D eigenvalue weighted by atomic mass is 32.1. The molecule has 0 saturated carbocycles. The molecule has 6 heteroatoms. The second-order valence-electron chi connectivity index (χ2n) is 5.95. The van der Waals surface area contributed by atoms with Crippen molar-refractivity contribution < 1.29 is 9.53 Å². The van der Waals surface area contributed by atoms with Gasteiger partial charge in [-0.25, -0.2) is 0 Å². The van der Waals surface area contributed by atoms with Gasteiger partial charge < -0.3 is 15.8 Å². The number of carbonyl (C=O) groups excluding carboxylic acids is 1. The summed E-state index contributed by atoms with van der Waals surface area (Å²) in [7, 11) is 0. The molecular weight excluding hydrogens is 262 g/mol. The molecule has 2 atom stereocenters. The van der Waals surface area contributed by atoms with E-state index >= 15 is 0 Å². The summed E-state index contributed by atoms with van der Waals surface area (Å²) in [5, 5.41) is 2.90. The largest absolute Gasteiger partial charge is 0.392 e. The quantitative estimate of drug-likeness (QED) is 0.726. The van der Waals surface area contributed by atoms with Crippen LogP contribution in [0.1, 0.15) is 26.7 Å². The standard InChI is InChI=1S/C13H23N3O2S/c1-13(2,11(14)19)12(17)15-6-10-7-16-5-3-4-9(16)8-18-10/h9-10H,3-8H2,1-2H3,(H2,14,19)(H,15,17). The third-order valence-electron chi connectivity index (χ3n) is 4.14. The van der Waals surface area contributed by atoms with Crippen LogP contribution in [0.3, 0.4) is 0 Å². The first-order valence-corrected chi connectivity index (χ1v) is 7.26. The number of carbonyl (C=O) groups is 1. The lowest BCUT2D eigenvalue weighted by molar-refractivity contribution is -0.127. The van der Waals surface area contributed by atoms with Crippen molar-refractivity contribution in [3.8, 4) is 0 Å². The van der Waals surface area contributed by atoms with Gasteiger partial charge in [-0.2, -0.15) is 0 Å². The van der Waals surface area contributed by atoms with Crippen molar-refractivity contribution in [1.29, 1.82) is 0 Å². The normalized spacial score (nSPS) is 27.9. The van der Waals surface area contributed by atoms with E-state index in [1.807, 2.05) is 0 Å². The van der Waals surface area contributed by atoms with Gasteiger partial charge in [-0.1, -0.05) is 12.2 Å². The first-order chi connectivity index (χ1) is 8.91. The summed E-state index contributed by atoms with van der Waals surface area (Å²) < 4.78 is 5.79. The van der Waals surface area contributed by atoms with Gasteiger partial charge in [0.25, 0.3) is 0 Å². The fraction of sp³-hybridized carbons (Fsp3) is 0.846. The summed E-state index contributed by atoms with van der Waals surface area (Å²) in [5.74, 6) is -0.132. The van der Waals surface area contributed by atoms with Crippen LogP contribution >= 0.6 is 12.2 Å². The average molecular weight is 285 g/mol. The zero-order valence-electron chi connectivity index (χ0n) is 11.6. The van der Waals surface area contributed by atoms with E-state index in [9.17, 15) is 4.79 Å². The number of nitrogens with two attached hydrogens (primary N) is 1. The molecular formula is C13H23N3O2S. The van der Waals surface area contributed by atoms with Gasteiger partial charge in [0, 0.05) is 19.1 Å². The fourth-order valence-corrected chi connectivity index (χ4v) is 2.64. The lowest BCUT2D eigenvalue weighted by Gasteiger charge is -2.35. The fourth-order valence-electron chi connectivity index (χ4n) is 2.55. The lowest BCUT2D eigenvalue weighted by atomic mass is 9.92. The summed E-state index contributed by atoms with van der Waals surface area (Å²) in [6.45, 7) is 6.83. The number of amides is 1. The van der Waals surface area contributed by atoms with Crippen molar-refractivity contribution in [3.63, 3.8) is 0 Å². The van der Waals surface area contributed by atoms with Crippen molar-refractivity contribution in [2.24, 2.45) is 11.1 Å². The predicted octanol–water partition coefficient (Wildman–Crippen LogP) is 0.278. The predicted molar refractivity (Wildman–Crippen MR) is 77.9 cm³/mol. The molecule has 2 fully saturated rings. The summed E-state index contributed by atoms with van der Waals surface area (Å²) in [4.78, 5) is 14.7. The Morgan fingerprint density at radius 1 is 1.58 bits per heavy atom. The van der Waals surface area contributed by atoms with E-state index in [2.05, 4.69) is 10.2 Å². The molecule has 1 amide bonds. The lowest BCUT2D eigenvalue weighted by Crippen LogP contribution is -2.52. The zero-order chi connectivity index (χ0) is 14.0. The van der Waals surface area contributed by atoms with E-state index in [1.165, 1.54) is 12.8 Å². The average Bonchev–Trinajstić information content (AvgIpc) is 2.82. The van der Waals surface area contributed by atoms with Gasteiger partial charge in [-0.15, -0.1) is 0 Å². The van der Waals surface area contributed by atoms with Crippen LogP contribution in [0.5, 0.6) is 0 Å². The smallest absolute Gasteiger partial charge is 0.232 e. The van der Waals surface area contributed by atoms with Crippen LogP contribution in [0.2, 0.25) is 0 Å². The van der Waals surface area contributed by atoms with Crippen LogP contribution in [0.4, 0.5) is 0 Å². The number of hydrogen-bond donors (Lipinski definition) is 2. The number of nitrogens with zero attached hydrogens (tertiary/aromatic N) is 1. The Kier molecular flexibility index (Phi) is 4.43. The number of nitrogens with one attached hydrogen (secondary N) is 1. The first kappa shape index (κ1) is 14.7. The van der Waals surface area contributed by atoms with Crippen molar-refractivity contribution in [2.75, 3.05) is 26.2 Å². The van der Waals surface area contributed by atoms with E-state index < -0.39 is 5.41 Å². The molecule has 5 nitrogen and oxygen atoms in total. The van der Waals surface area contributed by atoms with Gasteiger partial charge in [0.05, 0.1) is 23.1 Å². The third-order valence-corrected chi connectivity index (χ3v) is 4.65. The van der Waals surface area contributed by atoms with E-state index in [-0.39, 0.29) is 17.0 Å². The molecule has 3 N–H and O–H groups in total. The number of ether oxygens (including phenoxy) is 1. The molecule has 0 radical (unpaired) electrons. The van der Waals surface area contributed by atoms with Crippen LogP contribution in [0.15, 0.2) is 0 Å². The Hall–Kier alpha value is -0.720. The molecule has 0 aromatic heterocycles. The Balaban J connectivity index is 1.80. The molecule has 2 heterocycles. The molecule has 108 valence electrons. The maximum atomic E-state index is 12.0. The maximum absolute atomic E-state index is 12.0. The molecule has 0 aliphatic carbocycles. The minimum absolute atomic E-state index is 0.0699. The van der Waals surface area contributed by atoms with Crippen molar-refractivity contribution >= 4 is 23.1 Å². The number of thiocarbonyl (C=S) groups is 1. The molecule has 2 saturated heterocycles. The van der Waals surface area contributed by atoms with Gasteiger partial charge in [0.1, 0.15) is 0 Å². The van der Waals surface area contributed by atoms with Gasteiger partial charge in [0.15, 0.2) is 0 Å². The van der Waals surface area contributed by atoms with Crippen LogP contribution in [0, 0.1) is 5.41 Å². The van der Waals surface area contributed by atoms with Crippen LogP contribution in [-0.2, 0) is 9.53 Å². The molecule has 2 aliphatic heterocycles. The third kappa shape index (κ3) is 3.24. The van der Waals surface area contributed by atoms with E-state index in [1.54, 1.807) is 13.8 Å². The number of rotatable bonds is 4. The minimum Gasteiger partial charge on any atom is -0.392 e.